The molecule has 0 bridgehead atoms. The van der Waals surface area contributed by atoms with Gasteiger partial charge in [0.1, 0.15) is 0 Å². The standard InChI is InChI=1S/C18H22ClINO3P.ClH/c1-13(15-7-8-17(19)18(20)9-15)21-10-16(22)12-25(23,24)11-14-5-3-2-4-6-14;/h2-9,13,16,21-22H,10-12H2,1H3,(H,23,24);1H/t13?,16-;/m0./s1. The van der Waals surface area contributed by atoms with Gasteiger partial charge in [-0.05, 0) is 52.8 Å². The van der Waals surface area contributed by atoms with Crippen LogP contribution in [0.1, 0.15) is 24.1 Å². The van der Waals surface area contributed by atoms with Crippen LogP contribution in [-0.4, -0.2) is 28.8 Å². The van der Waals surface area contributed by atoms with E-state index in [1.54, 1.807) is 0 Å². The highest BCUT2D eigenvalue weighted by molar-refractivity contribution is 14.1. The first-order valence-corrected chi connectivity index (χ1v) is 11.5. The Bertz CT molecular complexity index is 748. The molecule has 3 atom stereocenters. The summed E-state index contributed by atoms with van der Waals surface area (Å²) in [4.78, 5) is 10.1. The van der Waals surface area contributed by atoms with E-state index < -0.39 is 13.5 Å². The first kappa shape index (κ1) is 23.9. The van der Waals surface area contributed by atoms with Crippen LogP contribution in [0.2, 0.25) is 5.02 Å². The Morgan fingerprint density at radius 2 is 1.88 bits per heavy atom. The Kier molecular flexibility index (Phi) is 10.1. The SMILES string of the molecule is CC(NC[C@H](O)CP(=O)(O)Cc1ccccc1)c1ccc(Cl)c(I)c1.Cl. The predicted molar refractivity (Wildman–Crippen MR) is 119 cm³/mol. The van der Waals surface area contributed by atoms with Crippen LogP contribution in [0.4, 0.5) is 0 Å². The largest absolute Gasteiger partial charge is 0.391 e. The van der Waals surface area contributed by atoms with E-state index in [0.29, 0.717) is 5.02 Å². The minimum Gasteiger partial charge on any atom is -0.391 e. The van der Waals surface area contributed by atoms with Crippen molar-refractivity contribution in [3.8, 4) is 0 Å². The van der Waals surface area contributed by atoms with Crippen molar-refractivity contribution in [1.82, 2.24) is 5.32 Å². The normalized spacial score (nSPS) is 15.6. The van der Waals surface area contributed by atoms with Crippen molar-refractivity contribution in [2.24, 2.45) is 0 Å². The van der Waals surface area contributed by atoms with Gasteiger partial charge in [-0.3, -0.25) is 4.57 Å². The van der Waals surface area contributed by atoms with E-state index in [4.69, 9.17) is 11.6 Å². The summed E-state index contributed by atoms with van der Waals surface area (Å²) < 4.78 is 13.3. The van der Waals surface area contributed by atoms with Crippen LogP contribution in [0.3, 0.4) is 0 Å². The van der Waals surface area contributed by atoms with E-state index in [9.17, 15) is 14.6 Å². The molecule has 26 heavy (non-hydrogen) atoms. The molecule has 2 unspecified atom stereocenters. The Labute approximate surface area is 179 Å². The lowest BCUT2D eigenvalue weighted by Gasteiger charge is -2.20. The molecule has 0 aromatic heterocycles. The highest BCUT2D eigenvalue weighted by Gasteiger charge is 2.23. The van der Waals surface area contributed by atoms with E-state index in [-0.39, 0.29) is 37.3 Å². The highest BCUT2D eigenvalue weighted by Crippen LogP contribution is 2.44. The minimum absolute atomic E-state index is 0. The second-order valence-corrected chi connectivity index (χ2v) is 10.1. The number of aliphatic hydroxyl groups excluding tert-OH is 1. The molecule has 4 nitrogen and oxygen atoms in total. The minimum atomic E-state index is -3.43. The first-order chi connectivity index (χ1) is 11.8. The van der Waals surface area contributed by atoms with E-state index >= 15 is 0 Å². The molecule has 2 rings (SSSR count). The quantitative estimate of drug-likeness (QED) is 0.338. The van der Waals surface area contributed by atoms with Crippen LogP contribution in [0, 0.1) is 3.57 Å². The van der Waals surface area contributed by atoms with Crippen molar-refractivity contribution in [1.29, 1.82) is 0 Å². The van der Waals surface area contributed by atoms with Crippen molar-refractivity contribution in [2.45, 2.75) is 25.2 Å². The fourth-order valence-electron chi connectivity index (χ4n) is 2.54. The van der Waals surface area contributed by atoms with Crippen LogP contribution in [0.5, 0.6) is 0 Å². The lowest BCUT2D eigenvalue weighted by molar-refractivity contribution is 0.186. The van der Waals surface area contributed by atoms with Crippen LogP contribution >= 0.6 is 54.0 Å². The maximum atomic E-state index is 12.3. The average Bonchev–Trinajstić information content (AvgIpc) is 2.55. The lowest BCUT2D eigenvalue weighted by atomic mass is 10.1. The van der Waals surface area contributed by atoms with Crippen LogP contribution in [-0.2, 0) is 10.7 Å². The fraction of sp³-hybridized carbons (Fsp3) is 0.333. The Morgan fingerprint density at radius 3 is 2.50 bits per heavy atom. The zero-order chi connectivity index (χ0) is 18.4. The van der Waals surface area contributed by atoms with Crippen molar-refractivity contribution >= 4 is 54.0 Å². The molecule has 0 spiro atoms. The van der Waals surface area contributed by atoms with Gasteiger partial charge in [0, 0.05) is 22.3 Å². The van der Waals surface area contributed by atoms with Crippen LogP contribution < -0.4 is 5.32 Å². The highest BCUT2D eigenvalue weighted by atomic mass is 127. The molecule has 0 aliphatic heterocycles. The second-order valence-electron chi connectivity index (χ2n) is 6.13. The Morgan fingerprint density at radius 1 is 1.23 bits per heavy atom. The molecular formula is C18H23Cl2INO3P. The first-order valence-electron chi connectivity index (χ1n) is 7.98. The second kappa shape index (κ2) is 11.0. The van der Waals surface area contributed by atoms with Gasteiger partial charge in [-0.15, -0.1) is 12.4 Å². The fourth-order valence-corrected chi connectivity index (χ4v) is 4.89. The summed E-state index contributed by atoms with van der Waals surface area (Å²) >= 11 is 8.20. The molecule has 2 aromatic carbocycles. The summed E-state index contributed by atoms with van der Waals surface area (Å²) in [6, 6.07) is 14.9. The monoisotopic (exact) mass is 529 g/mol. The Balaban J connectivity index is 0.00000338. The summed E-state index contributed by atoms with van der Waals surface area (Å²) in [5, 5.41) is 14.1. The number of nitrogens with one attached hydrogen (secondary N) is 1. The van der Waals surface area contributed by atoms with Gasteiger partial charge >= 0.3 is 0 Å². The molecular weight excluding hydrogens is 507 g/mol. The van der Waals surface area contributed by atoms with Crippen LogP contribution in [0.15, 0.2) is 48.5 Å². The number of hydrogen-bond acceptors (Lipinski definition) is 3. The van der Waals surface area contributed by atoms with Gasteiger partial charge in [-0.1, -0.05) is 48.0 Å². The maximum Gasteiger partial charge on any atom is 0.207 e. The molecule has 0 fully saturated rings. The van der Waals surface area contributed by atoms with Gasteiger partial charge in [0.05, 0.1) is 17.3 Å². The van der Waals surface area contributed by atoms with E-state index in [0.717, 1.165) is 14.7 Å². The molecule has 0 aliphatic rings. The number of halogens is 3. The van der Waals surface area contributed by atoms with Gasteiger partial charge in [0.25, 0.3) is 0 Å². The van der Waals surface area contributed by atoms with Crippen molar-refractivity contribution < 1.29 is 14.6 Å². The van der Waals surface area contributed by atoms with Gasteiger partial charge < -0.3 is 15.3 Å². The molecule has 2 aromatic rings. The van der Waals surface area contributed by atoms with Gasteiger partial charge in [-0.2, -0.15) is 0 Å². The molecule has 3 N–H and O–H groups in total. The topological polar surface area (TPSA) is 69.6 Å². The van der Waals surface area contributed by atoms with Crippen LogP contribution in [0.25, 0.3) is 0 Å². The summed E-state index contributed by atoms with van der Waals surface area (Å²) in [6.07, 6.45) is -0.927. The molecule has 0 heterocycles. The maximum absolute atomic E-state index is 12.3. The lowest BCUT2D eigenvalue weighted by Crippen LogP contribution is -2.31. The number of hydrogen-bond donors (Lipinski definition) is 3. The molecule has 0 aliphatic carbocycles. The smallest absolute Gasteiger partial charge is 0.207 e. The summed E-state index contributed by atoms with van der Waals surface area (Å²) in [6.45, 7) is 2.23. The number of rotatable bonds is 8. The molecule has 0 saturated heterocycles. The average molecular weight is 530 g/mol. The van der Waals surface area contributed by atoms with Gasteiger partial charge in [0.15, 0.2) is 0 Å². The molecule has 8 heteroatoms. The number of benzene rings is 2. The third-order valence-corrected chi connectivity index (χ3v) is 7.26. The van der Waals surface area contributed by atoms with Crippen molar-refractivity contribution in [3.05, 3.63) is 68.3 Å². The van der Waals surface area contributed by atoms with E-state index in [2.05, 4.69) is 27.9 Å². The van der Waals surface area contributed by atoms with Crippen molar-refractivity contribution in [3.63, 3.8) is 0 Å². The third kappa shape index (κ3) is 7.85. The van der Waals surface area contributed by atoms with Gasteiger partial charge in [-0.25, -0.2) is 0 Å². The zero-order valence-corrected chi connectivity index (χ0v) is 18.9. The zero-order valence-electron chi connectivity index (χ0n) is 14.3. The predicted octanol–water partition coefficient (Wildman–Crippen LogP) is 4.85. The number of aliphatic hydroxyl groups is 1. The summed E-state index contributed by atoms with van der Waals surface area (Å²) in [7, 11) is -3.43. The van der Waals surface area contributed by atoms with Crippen molar-refractivity contribution in [2.75, 3.05) is 12.7 Å². The van der Waals surface area contributed by atoms with E-state index in [1.165, 1.54) is 0 Å². The molecule has 144 valence electrons. The molecule has 0 radical (unpaired) electrons. The Hall–Kier alpha value is -0.140. The van der Waals surface area contributed by atoms with E-state index in [1.807, 2.05) is 55.5 Å². The van der Waals surface area contributed by atoms with Gasteiger partial charge in [0.2, 0.25) is 7.37 Å². The molecule has 0 amide bonds. The third-order valence-electron chi connectivity index (χ3n) is 3.87. The summed E-state index contributed by atoms with van der Waals surface area (Å²) in [5.74, 6) is 0. The summed E-state index contributed by atoms with van der Waals surface area (Å²) in [5.41, 5.74) is 1.86. The molecule has 0 saturated carbocycles.